The molecule has 0 atom stereocenters. The van der Waals surface area contributed by atoms with Crippen LogP contribution in [0.25, 0.3) is 0 Å². The van der Waals surface area contributed by atoms with Crippen molar-refractivity contribution < 1.29 is 14.3 Å². The third kappa shape index (κ3) is 5.54. The second kappa shape index (κ2) is 7.43. The van der Waals surface area contributed by atoms with E-state index in [1.54, 1.807) is 18.3 Å². The lowest BCUT2D eigenvalue weighted by Gasteiger charge is -2.03. The first-order chi connectivity index (χ1) is 7.33. The fourth-order valence-electron chi connectivity index (χ4n) is 1.12. The molecule has 0 aliphatic rings. The van der Waals surface area contributed by atoms with E-state index in [0.717, 1.165) is 6.42 Å². The quantitative estimate of drug-likeness (QED) is 0.530. The van der Waals surface area contributed by atoms with Crippen LogP contribution in [0.1, 0.15) is 18.2 Å². The van der Waals surface area contributed by atoms with Crippen molar-refractivity contribution in [1.29, 1.82) is 0 Å². The first-order valence-corrected chi connectivity index (χ1v) is 5.96. The number of carbonyl (C=O) groups is 1. The van der Waals surface area contributed by atoms with Gasteiger partial charge in [0.2, 0.25) is 0 Å². The summed E-state index contributed by atoms with van der Waals surface area (Å²) in [5.74, 6) is -0.186. The summed E-state index contributed by atoms with van der Waals surface area (Å²) >= 11 is 1.72. The standard InChI is InChI=1S/C11H16O3S/c1-2-14-11(12)6-8-13-7-5-10-4-3-9-15-10/h3-4,9H,2,5-8H2,1H3. The minimum atomic E-state index is -0.186. The van der Waals surface area contributed by atoms with Gasteiger partial charge in [-0.25, -0.2) is 0 Å². The second-order valence-corrected chi connectivity index (χ2v) is 4.03. The number of hydrogen-bond donors (Lipinski definition) is 0. The number of carbonyl (C=O) groups excluding carboxylic acids is 1. The van der Waals surface area contributed by atoms with Gasteiger partial charge in [-0.15, -0.1) is 11.3 Å². The van der Waals surface area contributed by atoms with Crippen LogP contribution in [0.3, 0.4) is 0 Å². The predicted molar refractivity (Wildman–Crippen MR) is 60.1 cm³/mol. The molecule has 1 aromatic heterocycles. The fourth-order valence-corrected chi connectivity index (χ4v) is 1.81. The molecule has 1 heterocycles. The van der Waals surface area contributed by atoms with Crippen LogP contribution in [0.5, 0.6) is 0 Å². The van der Waals surface area contributed by atoms with E-state index in [-0.39, 0.29) is 5.97 Å². The number of rotatable bonds is 7. The average Bonchev–Trinajstić information content (AvgIpc) is 2.70. The Kier molecular flexibility index (Phi) is 6.04. The van der Waals surface area contributed by atoms with Crippen molar-refractivity contribution in [3.63, 3.8) is 0 Å². The van der Waals surface area contributed by atoms with Gasteiger partial charge in [0, 0.05) is 11.3 Å². The predicted octanol–water partition coefficient (Wildman–Crippen LogP) is 2.26. The molecule has 0 fully saturated rings. The molecule has 0 aromatic carbocycles. The summed E-state index contributed by atoms with van der Waals surface area (Å²) in [5.41, 5.74) is 0. The van der Waals surface area contributed by atoms with Crippen molar-refractivity contribution in [3.8, 4) is 0 Å². The molecule has 0 radical (unpaired) electrons. The summed E-state index contributed by atoms with van der Waals surface area (Å²) in [6.07, 6.45) is 1.26. The second-order valence-electron chi connectivity index (χ2n) is 3.00. The smallest absolute Gasteiger partial charge is 0.308 e. The zero-order valence-electron chi connectivity index (χ0n) is 8.90. The lowest BCUT2D eigenvalue weighted by atomic mass is 10.4. The highest BCUT2D eigenvalue weighted by molar-refractivity contribution is 7.09. The maximum absolute atomic E-state index is 10.9. The zero-order valence-corrected chi connectivity index (χ0v) is 9.72. The van der Waals surface area contributed by atoms with Crippen LogP contribution in [0, 0.1) is 0 Å². The third-order valence-corrected chi connectivity index (χ3v) is 2.76. The van der Waals surface area contributed by atoms with Crippen molar-refractivity contribution in [2.24, 2.45) is 0 Å². The van der Waals surface area contributed by atoms with Gasteiger partial charge in [-0.05, 0) is 18.4 Å². The van der Waals surface area contributed by atoms with Crippen molar-refractivity contribution >= 4 is 17.3 Å². The van der Waals surface area contributed by atoms with Gasteiger partial charge < -0.3 is 9.47 Å². The number of ether oxygens (including phenoxy) is 2. The van der Waals surface area contributed by atoms with Crippen LogP contribution >= 0.6 is 11.3 Å². The molecule has 0 amide bonds. The van der Waals surface area contributed by atoms with Gasteiger partial charge in [0.15, 0.2) is 0 Å². The summed E-state index contributed by atoms with van der Waals surface area (Å²) in [7, 11) is 0. The van der Waals surface area contributed by atoms with Gasteiger partial charge in [-0.2, -0.15) is 0 Å². The molecule has 0 aliphatic heterocycles. The van der Waals surface area contributed by atoms with E-state index in [2.05, 4.69) is 6.07 Å². The Labute approximate surface area is 94.0 Å². The van der Waals surface area contributed by atoms with Crippen LogP contribution < -0.4 is 0 Å². The molecule has 0 unspecified atom stereocenters. The molecule has 3 nitrogen and oxygen atoms in total. The van der Waals surface area contributed by atoms with E-state index in [1.165, 1.54) is 4.88 Å². The van der Waals surface area contributed by atoms with E-state index in [1.807, 2.05) is 11.4 Å². The monoisotopic (exact) mass is 228 g/mol. The molecule has 0 spiro atoms. The number of esters is 1. The summed E-state index contributed by atoms with van der Waals surface area (Å²) in [5, 5.41) is 2.05. The molecular formula is C11H16O3S. The molecule has 0 bridgehead atoms. The summed E-state index contributed by atoms with van der Waals surface area (Å²) in [4.78, 5) is 12.2. The van der Waals surface area contributed by atoms with Gasteiger partial charge in [0.25, 0.3) is 0 Å². The van der Waals surface area contributed by atoms with Gasteiger partial charge in [0.1, 0.15) is 0 Å². The van der Waals surface area contributed by atoms with Crippen molar-refractivity contribution in [2.45, 2.75) is 19.8 Å². The molecule has 1 rings (SSSR count). The molecule has 0 saturated heterocycles. The van der Waals surface area contributed by atoms with E-state index >= 15 is 0 Å². The van der Waals surface area contributed by atoms with Gasteiger partial charge in [-0.1, -0.05) is 6.07 Å². The van der Waals surface area contributed by atoms with Gasteiger partial charge in [0.05, 0.1) is 26.2 Å². The maximum Gasteiger partial charge on any atom is 0.308 e. The van der Waals surface area contributed by atoms with E-state index < -0.39 is 0 Å². The third-order valence-electron chi connectivity index (χ3n) is 1.83. The molecule has 15 heavy (non-hydrogen) atoms. The Morgan fingerprint density at radius 2 is 2.33 bits per heavy atom. The minimum absolute atomic E-state index is 0.186. The first kappa shape index (κ1) is 12.2. The summed E-state index contributed by atoms with van der Waals surface area (Å²) in [6.45, 7) is 3.35. The highest BCUT2D eigenvalue weighted by Crippen LogP contribution is 2.08. The lowest BCUT2D eigenvalue weighted by Crippen LogP contribution is -2.09. The first-order valence-electron chi connectivity index (χ1n) is 5.08. The molecule has 1 aromatic rings. The van der Waals surface area contributed by atoms with Crippen molar-refractivity contribution in [3.05, 3.63) is 22.4 Å². The van der Waals surface area contributed by atoms with Crippen molar-refractivity contribution in [2.75, 3.05) is 19.8 Å². The minimum Gasteiger partial charge on any atom is -0.466 e. The highest BCUT2D eigenvalue weighted by Gasteiger charge is 2.00. The SMILES string of the molecule is CCOC(=O)CCOCCc1cccs1. The fraction of sp³-hybridized carbons (Fsp3) is 0.545. The summed E-state index contributed by atoms with van der Waals surface area (Å²) in [6, 6.07) is 4.11. The van der Waals surface area contributed by atoms with Gasteiger partial charge >= 0.3 is 5.97 Å². The maximum atomic E-state index is 10.9. The largest absolute Gasteiger partial charge is 0.466 e. The Bertz CT molecular complexity index is 269. The molecule has 84 valence electrons. The van der Waals surface area contributed by atoms with E-state index in [9.17, 15) is 4.79 Å². The van der Waals surface area contributed by atoms with Crippen LogP contribution in [0.4, 0.5) is 0 Å². The normalized spacial score (nSPS) is 10.2. The Morgan fingerprint density at radius 1 is 1.47 bits per heavy atom. The number of hydrogen-bond acceptors (Lipinski definition) is 4. The van der Waals surface area contributed by atoms with E-state index in [0.29, 0.717) is 26.2 Å². The Balaban J connectivity index is 1.95. The van der Waals surface area contributed by atoms with Crippen LogP contribution in [-0.4, -0.2) is 25.8 Å². The lowest BCUT2D eigenvalue weighted by molar-refractivity contribution is -0.144. The topological polar surface area (TPSA) is 35.5 Å². The molecule has 0 aliphatic carbocycles. The van der Waals surface area contributed by atoms with Gasteiger partial charge in [-0.3, -0.25) is 4.79 Å². The Hall–Kier alpha value is -0.870. The molecule has 0 N–H and O–H groups in total. The molecule has 4 heteroatoms. The molecular weight excluding hydrogens is 212 g/mol. The van der Waals surface area contributed by atoms with Crippen LogP contribution in [0.2, 0.25) is 0 Å². The summed E-state index contributed by atoms with van der Waals surface area (Å²) < 4.78 is 10.1. The highest BCUT2D eigenvalue weighted by atomic mass is 32.1. The van der Waals surface area contributed by atoms with Crippen LogP contribution in [-0.2, 0) is 20.7 Å². The number of thiophene rings is 1. The van der Waals surface area contributed by atoms with Crippen molar-refractivity contribution in [1.82, 2.24) is 0 Å². The average molecular weight is 228 g/mol. The van der Waals surface area contributed by atoms with E-state index in [4.69, 9.17) is 9.47 Å². The van der Waals surface area contributed by atoms with Crippen LogP contribution in [0.15, 0.2) is 17.5 Å². The molecule has 0 saturated carbocycles. The Morgan fingerprint density at radius 3 is 3.00 bits per heavy atom. The zero-order chi connectivity index (χ0) is 10.9.